The van der Waals surface area contributed by atoms with Gasteiger partial charge in [-0.25, -0.2) is 4.79 Å². The summed E-state index contributed by atoms with van der Waals surface area (Å²) in [5.41, 5.74) is 0. The summed E-state index contributed by atoms with van der Waals surface area (Å²) in [6, 6.07) is 0. The second-order valence-electron chi connectivity index (χ2n) is 9.12. The number of allylic oxidation sites excluding steroid dienone is 3. The zero-order chi connectivity index (χ0) is 24.4. The van der Waals surface area contributed by atoms with Gasteiger partial charge in [-0.3, -0.25) is 0 Å². The Bertz CT molecular complexity index is 467. The molecule has 1 N–H and O–H groups in total. The van der Waals surface area contributed by atoms with Gasteiger partial charge in [0.15, 0.2) is 0 Å². The highest BCUT2D eigenvalue weighted by Gasteiger charge is 2.15. The normalized spacial score (nSPS) is 12.4. The monoisotopic (exact) mass is 467 g/mol. The SMILES string of the molecule is C=CCCCCCCCCC(CCCCCCCC/C=C\C)OC(=O)OCCN(C)CCO. The van der Waals surface area contributed by atoms with Crippen LogP contribution in [0.5, 0.6) is 0 Å². The summed E-state index contributed by atoms with van der Waals surface area (Å²) in [6.07, 6.45) is 24.7. The van der Waals surface area contributed by atoms with Gasteiger partial charge in [0, 0.05) is 13.1 Å². The average Bonchev–Trinajstić information content (AvgIpc) is 2.79. The van der Waals surface area contributed by atoms with E-state index in [0.717, 1.165) is 32.1 Å². The summed E-state index contributed by atoms with van der Waals surface area (Å²) in [4.78, 5) is 14.1. The van der Waals surface area contributed by atoms with Crippen LogP contribution < -0.4 is 0 Å². The van der Waals surface area contributed by atoms with E-state index in [0.29, 0.717) is 19.7 Å². The van der Waals surface area contributed by atoms with Crippen LogP contribution in [0.4, 0.5) is 4.79 Å². The van der Waals surface area contributed by atoms with E-state index in [9.17, 15) is 4.79 Å². The van der Waals surface area contributed by atoms with Crippen LogP contribution in [0.15, 0.2) is 24.8 Å². The number of unbranched alkanes of at least 4 members (excludes halogenated alkanes) is 12. The van der Waals surface area contributed by atoms with Crippen molar-refractivity contribution in [3.8, 4) is 0 Å². The predicted molar refractivity (Wildman–Crippen MR) is 140 cm³/mol. The van der Waals surface area contributed by atoms with Crippen molar-refractivity contribution >= 4 is 6.16 Å². The van der Waals surface area contributed by atoms with E-state index < -0.39 is 6.16 Å². The van der Waals surface area contributed by atoms with Crippen LogP contribution >= 0.6 is 0 Å². The van der Waals surface area contributed by atoms with Crippen LogP contribution in [0.3, 0.4) is 0 Å². The second kappa shape index (κ2) is 25.3. The number of aliphatic hydroxyl groups is 1. The molecule has 5 nitrogen and oxygen atoms in total. The first-order chi connectivity index (χ1) is 16.1. The van der Waals surface area contributed by atoms with E-state index in [2.05, 4.69) is 25.7 Å². The smallest absolute Gasteiger partial charge is 0.433 e. The van der Waals surface area contributed by atoms with Gasteiger partial charge in [-0.1, -0.05) is 69.6 Å². The second-order valence-corrected chi connectivity index (χ2v) is 9.12. The van der Waals surface area contributed by atoms with Crippen molar-refractivity contribution in [1.82, 2.24) is 4.90 Å². The molecular weight excluding hydrogens is 414 g/mol. The van der Waals surface area contributed by atoms with Crippen LogP contribution in [0.25, 0.3) is 0 Å². The summed E-state index contributed by atoms with van der Waals surface area (Å²) in [6.45, 7) is 7.42. The highest BCUT2D eigenvalue weighted by Crippen LogP contribution is 2.18. The Hall–Kier alpha value is -1.33. The fourth-order valence-corrected chi connectivity index (χ4v) is 3.88. The van der Waals surface area contributed by atoms with Gasteiger partial charge < -0.3 is 19.5 Å². The summed E-state index contributed by atoms with van der Waals surface area (Å²) in [5, 5.41) is 8.94. The van der Waals surface area contributed by atoms with Gasteiger partial charge in [0.2, 0.25) is 0 Å². The van der Waals surface area contributed by atoms with Gasteiger partial charge in [0.05, 0.1) is 6.61 Å². The quantitative estimate of drug-likeness (QED) is 0.0908. The van der Waals surface area contributed by atoms with Crippen molar-refractivity contribution in [2.24, 2.45) is 0 Å². The molecule has 0 saturated heterocycles. The number of carbonyl (C=O) groups excluding carboxylic acids is 1. The number of likely N-dealkylation sites (N-methyl/N-ethyl adjacent to an activating group) is 1. The fourth-order valence-electron chi connectivity index (χ4n) is 3.88. The first kappa shape index (κ1) is 31.7. The third-order valence-corrected chi connectivity index (χ3v) is 6.00. The summed E-state index contributed by atoms with van der Waals surface area (Å²) >= 11 is 0. The molecule has 194 valence electrons. The van der Waals surface area contributed by atoms with Crippen LogP contribution in [0.1, 0.15) is 110 Å². The molecule has 0 radical (unpaired) electrons. The fraction of sp³-hybridized carbons (Fsp3) is 0.821. The maximum atomic E-state index is 12.2. The minimum atomic E-state index is -0.550. The topological polar surface area (TPSA) is 59.0 Å². The zero-order valence-corrected chi connectivity index (χ0v) is 21.8. The van der Waals surface area contributed by atoms with Crippen LogP contribution in [-0.2, 0) is 9.47 Å². The van der Waals surface area contributed by atoms with Crippen molar-refractivity contribution < 1.29 is 19.4 Å². The molecule has 0 heterocycles. The van der Waals surface area contributed by atoms with E-state index >= 15 is 0 Å². The first-order valence-corrected chi connectivity index (χ1v) is 13.5. The molecule has 1 unspecified atom stereocenters. The Kier molecular flexibility index (Phi) is 24.3. The zero-order valence-electron chi connectivity index (χ0n) is 21.8. The van der Waals surface area contributed by atoms with Crippen molar-refractivity contribution in [2.75, 3.05) is 33.4 Å². The molecule has 0 fully saturated rings. The Labute approximate surface area is 204 Å². The highest BCUT2D eigenvalue weighted by molar-refractivity contribution is 5.60. The largest absolute Gasteiger partial charge is 0.508 e. The van der Waals surface area contributed by atoms with E-state index in [1.807, 2.05) is 18.0 Å². The Balaban J connectivity index is 4.12. The van der Waals surface area contributed by atoms with E-state index in [1.54, 1.807) is 0 Å². The number of rotatable bonds is 24. The molecule has 0 amide bonds. The molecule has 0 bridgehead atoms. The van der Waals surface area contributed by atoms with Crippen LogP contribution in [-0.4, -0.2) is 55.6 Å². The lowest BCUT2D eigenvalue weighted by molar-refractivity contribution is 0.0126. The van der Waals surface area contributed by atoms with Crippen molar-refractivity contribution in [2.45, 2.75) is 116 Å². The van der Waals surface area contributed by atoms with Gasteiger partial charge in [-0.2, -0.15) is 0 Å². The molecule has 0 aliphatic heterocycles. The van der Waals surface area contributed by atoms with Crippen molar-refractivity contribution in [3.05, 3.63) is 24.8 Å². The average molecular weight is 468 g/mol. The number of aliphatic hydroxyl groups excluding tert-OH is 1. The molecule has 5 heteroatoms. The minimum absolute atomic E-state index is 0.0388. The van der Waals surface area contributed by atoms with E-state index in [1.165, 1.54) is 70.6 Å². The Morgan fingerprint density at radius 2 is 1.42 bits per heavy atom. The Morgan fingerprint density at radius 3 is 1.97 bits per heavy atom. The lowest BCUT2D eigenvalue weighted by atomic mass is 10.0. The van der Waals surface area contributed by atoms with Gasteiger partial charge in [-0.05, 0) is 65.3 Å². The number of nitrogens with zero attached hydrogens (tertiary/aromatic N) is 1. The van der Waals surface area contributed by atoms with Gasteiger partial charge >= 0.3 is 6.16 Å². The number of carbonyl (C=O) groups is 1. The molecule has 1 atom stereocenters. The molecular formula is C28H53NO4. The molecule has 0 aliphatic carbocycles. The number of hydrogen-bond acceptors (Lipinski definition) is 5. The molecule has 0 rings (SSSR count). The van der Waals surface area contributed by atoms with Gasteiger partial charge in [0.25, 0.3) is 0 Å². The van der Waals surface area contributed by atoms with E-state index in [4.69, 9.17) is 14.6 Å². The minimum Gasteiger partial charge on any atom is -0.433 e. The van der Waals surface area contributed by atoms with Crippen LogP contribution in [0, 0.1) is 0 Å². The number of ether oxygens (including phenoxy) is 2. The number of hydrogen-bond donors (Lipinski definition) is 1. The third kappa shape index (κ3) is 23.6. The standard InChI is InChI=1S/C28H53NO4/c1-4-6-8-10-12-14-16-18-20-22-27(21-19-17-15-13-11-9-7-5-2)33-28(31)32-26-24-29(3)23-25-30/h4-6,27,30H,2,7-26H2,1,3H3/b6-4-. The van der Waals surface area contributed by atoms with E-state index in [-0.39, 0.29) is 12.7 Å². The predicted octanol–water partition coefficient (Wildman–Crippen LogP) is 7.44. The maximum Gasteiger partial charge on any atom is 0.508 e. The van der Waals surface area contributed by atoms with Crippen molar-refractivity contribution in [3.63, 3.8) is 0 Å². The first-order valence-electron chi connectivity index (χ1n) is 13.5. The molecule has 0 aliphatic rings. The summed E-state index contributed by atoms with van der Waals surface area (Å²) < 4.78 is 10.9. The molecule has 0 spiro atoms. The summed E-state index contributed by atoms with van der Waals surface area (Å²) in [5.74, 6) is 0. The molecule has 0 aromatic rings. The van der Waals surface area contributed by atoms with Gasteiger partial charge in [0.1, 0.15) is 12.7 Å². The molecule has 33 heavy (non-hydrogen) atoms. The van der Waals surface area contributed by atoms with Gasteiger partial charge in [-0.15, -0.1) is 6.58 Å². The lowest BCUT2D eigenvalue weighted by Crippen LogP contribution is -2.28. The highest BCUT2D eigenvalue weighted by atomic mass is 16.7. The maximum absolute atomic E-state index is 12.2. The molecule has 0 aromatic heterocycles. The molecule has 0 saturated carbocycles. The summed E-state index contributed by atoms with van der Waals surface area (Å²) in [7, 11) is 1.89. The molecule has 0 aromatic carbocycles. The third-order valence-electron chi connectivity index (χ3n) is 6.00. The Morgan fingerprint density at radius 1 is 0.879 bits per heavy atom. The van der Waals surface area contributed by atoms with Crippen molar-refractivity contribution in [1.29, 1.82) is 0 Å². The van der Waals surface area contributed by atoms with Crippen LogP contribution in [0.2, 0.25) is 0 Å². The lowest BCUT2D eigenvalue weighted by Gasteiger charge is -2.19.